The van der Waals surface area contributed by atoms with Gasteiger partial charge in [0, 0.05) is 0 Å². The van der Waals surface area contributed by atoms with Gasteiger partial charge in [-0.25, -0.2) is 8.42 Å². The lowest BCUT2D eigenvalue weighted by molar-refractivity contribution is -0.109. The van der Waals surface area contributed by atoms with Crippen LogP contribution in [0.1, 0.15) is 11.6 Å². The van der Waals surface area contributed by atoms with E-state index in [9.17, 15) is 13.2 Å². The van der Waals surface area contributed by atoms with E-state index >= 15 is 0 Å². The Balaban J connectivity index is 2.24. The number of ether oxygens (including phenoxy) is 1. The minimum Gasteiger partial charge on any atom is -0.497 e. The van der Waals surface area contributed by atoms with Gasteiger partial charge in [-0.2, -0.15) is 4.72 Å². The third kappa shape index (κ3) is 3.68. The van der Waals surface area contributed by atoms with Crippen LogP contribution in [0.3, 0.4) is 0 Å². The fourth-order valence-electron chi connectivity index (χ4n) is 1.82. The van der Waals surface area contributed by atoms with Crippen molar-refractivity contribution in [1.29, 1.82) is 0 Å². The molecule has 110 valence electrons. The summed E-state index contributed by atoms with van der Waals surface area (Å²) in [6.45, 7) is 0. The molecule has 0 aliphatic carbocycles. The van der Waals surface area contributed by atoms with Crippen LogP contribution in [0.5, 0.6) is 5.75 Å². The summed E-state index contributed by atoms with van der Waals surface area (Å²) in [6.07, 6.45) is 0.566. The van der Waals surface area contributed by atoms with E-state index in [0.29, 0.717) is 17.6 Å². The monoisotopic (exact) mass is 305 g/mol. The van der Waals surface area contributed by atoms with Gasteiger partial charge in [0.25, 0.3) is 0 Å². The standard InChI is InChI=1S/C15H15NO4S/c1-20-13-7-9-14(10-8-13)21(18,19)16-15(11-17)12-5-3-2-4-6-12/h2-11,15-16H,1H3. The van der Waals surface area contributed by atoms with E-state index in [1.165, 1.54) is 19.2 Å². The molecule has 0 aliphatic rings. The number of carbonyl (C=O) groups is 1. The summed E-state index contributed by atoms with van der Waals surface area (Å²) in [5, 5.41) is 0. The molecule has 1 N–H and O–H groups in total. The van der Waals surface area contributed by atoms with Crippen molar-refractivity contribution < 1.29 is 17.9 Å². The number of hydrogen-bond acceptors (Lipinski definition) is 4. The average molecular weight is 305 g/mol. The fraction of sp³-hybridized carbons (Fsp3) is 0.133. The first-order chi connectivity index (χ1) is 10.1. The zero-order valence-corrected chi connectivity index (χ0v) is 12.2. The summed E-state index contributed by atoms with van der Waals surface area (Å²) in [5.41, 5.74) is 0.588. The molecule has 2 rings (SSSR count). The number of sulfonamides is 1. The Bertz CT molecular complexity index is 696. The number of carbonyl (C=O) groups excluding carboxylic acids is 1. The molecule has 0 aromatic heterocycles. The van der Waals surface area contributed by atoms with Crippen molar-refractivity contribution in [3.63, 3.8) is 0 Å². The summed E-state index contributed by atoms with van der Waals surface area (Å²) >= 11 is 0. The molecule has 0 bridgehead atoms. The molecule has 0 amide bonds. The molecule has 0 saturated heterocycles. The van der Waals surface area contributed by atoms with E-state index in [0.717, 1.165) is 0 Å². The number of nitrogens with one attached hydrogen (secondary N) is 1. The minimum atomic E-state index is -3.78. The Labute approximate surface area is 123 Å². The largest absolute Gasteiger partial charge is 0.497 e. The molecule has 6 heteroatoms. The van der Waals surface area contributed by atoms with Crippen LogP contribution < -0.4 is 9.46 Å². The summed E-state index contributed by atoms with van der Waals surface area (Å²) in [4.78, 5) is 11.2. The van der Waals surface area contributed by atoms with Crippen LogP contribution in [0.15, 0.2) is 59.5 Å². The molecule has 2 aromatic carbocycles. The third-order valence-electron chi connectivity index (χ3n) is 2.95. The highest BCUT2D eigenvalue weighted by Gasteiger charge is 2.20. The second kappa shape index (κ2) is 6.51. The van der Waals surface area contributed by atoms with Gasteiger partial charge in [-0.15, -0.1) is 0 Å². The molecule has 0 saturated carbocycles. The van der Waals surface area contributed by atoms with Crippen molar-refractivity contribution >= 4 is 16.3 Å². The van der Waals surface area contributed by atoms with Crippen LogP contribution in [0.4, 0.5) is 0 Å². The topological polar surface area (TPSA) is 72.5 Å². The summed E-state index contributed by atoms with van der Waals surface area (Å²) < 4.78 is 31.9. The smallest absolute Gasteiger partial charge is 0.241 e. The highest BCUT2D eigenvalue weighted by Crippen LogP contribution is 2.18. The SMILES string of the molecule is COc1ccc(S(=O)(=O)NC(C=O)c2ccccc2)cc1. The molecule has 0 radical (unpaired) electrons. The zero-order chi connectivity index (χ0) is 15.3. The second-order valence-electron chi connectivity index (χ2n) is 4.32. The van der Waals surface area contributed by atoms with Crippen LogP contribution in [0, 0.1) is 0 Å². The van der Waals surface area contributed by atoms with Crippen molar-refractivity contribution in [2.75, 3.05) is 7.11 Å². The van der Waals surface area contributed by atoms with Crippen molar-refractivity contribution in [3.8, 4) is 5.75 Å². The molecule has 0 spiro atoms. The maximum absolute atomic E-state index is 12.3. The second-order valence-corrected chi connectivity index (χ2v) is 6.04. The van der Waals surface area contributed by atoms with E-state index in [2.05, 4.69) is 4.72 Å². The Kier molecular flexibility index (Phi) is 4.72. The van der Waals surface area contributed by atoms with Gasteiger partial charge in [0.15, 0.2) is 0 Å². The van der Waals surface area contributed by atoms with E-state index in [4.69, 9.17) is 4.74 Å². The summed E-state index contributed by atoms with van der Waals surface area (Å²) in [5.74, 6) is 0.559. The van der Waals surface area contributed by atoms with Crippen molar-refractivity contribution in [3.05, 3.63) is 60.2 Å². The number of rotatable bonds is 6. The van der Waals surface area contributed by atoms with Gasteiger partial charge in [-0.1, -0.05) is 30.3 Å². The van der Waals surface area contributed by atoms with Crippen molar-refractivity contribution in [1.82, 2.24) is 4.72 Å². The lowest BCUT2D eigenvalue weighted by Crippen LogP contribution is -2.29. The maximum atomic E-state index is 12.3. The Morgan fingerprint density at radius 2 is 1.67 bits per heavy atom. The molecule has 1 atom stereocenters. The van der Waals surface area contributed by atoms with E-state index in [-0.39, 0.29) is 4.90 Å². The molecule has 0 aliphatic heterocycles. The van der Waals surface area contributed by atoms with Gasteiger partial charge in [-0.05, 0) is 29.8 Å². The van der Waals surface area contributed by atoms with Crippen LogP contribution in [0.2, 0.25) is 0 Å². The van der Waals surface area contributed by atoms with Crippen molar-refractivity contribution in [2.45, 2.75) is 10.9 Å². The Morgan fingerprint density at radius 3 is 2.19 bits per heavy atom. The van der Waals surface area contributed by atoms with Crippen LogP contribution in [-0.2, 0) is 14.8 Å². The number of aldehydes is 1. The van der Waals surface area contributed by atoms with Crippen molar-refractivity contribution in [2.24, 2.45) is 0 Å². The van der Waals surface area contributed by atoms with E-state index < -0.39 is 16.1 Å². The van der Waals surface area contributed by atoms with Gasteiger partial charge < -0.3 is 9.53 Å². The Hall–Kier alpha value is -2.18. The van der Waals surface area contributed by atoms with E-state index in [1.54, 1.807) is 42.5 Å². The predicted octanol–water partition coefficient (Wildman–Crippen LogP) is 1.91. The minimum absolute atomic E-state index is 0.0751. The van der Waals surface area contributed by atoms with Gasteiger partial charge in [0.1, 0.15) is 18.1 Å². The lowest BCUT2D eigenvalue weighted by atomic mass is 10.1. The average Bonchev–Trinajstić information content (AvgIpc) is 2.53. The Morgan fingerprint density at radius 1 is 1.05 bits per heavy atom. The highest BCUT2D eigenvalue weighted by molar-refractivity contribution is 7.89. The number of methoxy groups -OCH3 is 1. The first-order valence-corrected chi connectivity index (χ1v) is 7.72. The molecule has 1 unspecified atom stereocenters. The quantitative estimate of drug-likeness (QED) is 0.828. The normalized spacial score (nSPS) is 12.6. The first kappa shape index (κ1) is 15.2. The predicted molar refractivity (Wildman–Crippen MR) is 78.6 cm³/mol. The third-order valence-corrected chi connectivity index (χ3v) is 4.40. The lowest BCUT2D eigenvalue weighted by Gasteiger charge is -2.13. The molecular weight excluding hydrogens is 290 g/mol. The molecule has 0 fully saturated rings. The number of hydrogen-bond donors (Lipinski definition) is 1. The van der Waals surface area contributed by atoms with Gasteiger partial charge in [0.2, 0.25) is 10.0 Å². The maximum Gasteiger partial charge on any atom is 0.241 e. The molecule has 2 aromatic rings. The first-order valence-electron chi connectivity index (χ1n) is 6.23. The molecule has 0 heterocycles. The molecule has 21 heavy (non-hydrogen) atoms. The van der Waals surface area contributed by atoms with Crippen LogP contribution in [-0.4, -0.2) is 21.8 Å². The van der Waals surface area contributed by atoms with Gasteiger partial charge in [-0.3, -0.25) is 0 Å². The molecular formula is C15H15NO4S. The molecule has 5 nitrogen and oxygen atoms in total. The summed E-state index contributed by atoms with van der Waals surface area (Å²) in [6, 6.07) is 13.7. The van der Waals surface area contributed by atoms with Crippen LogP contribution in [0.25, 0.3) is 0 Å². The number of benzene rings is 2. The van der Waals surface area contributed by atoms with Crippen LogP contribution >= 0.6 is 0 Å². The summed E-state index contributed by atoms with van der Waals surface area (Å²) in [7, 11) is -2.28. The van der Waals surface area contributed by atoms with Gasteiger partial charge in [0.05, 0.1) is 12.0 Å². The fourth-order valence-corrected chi connectivity index (χ4v) is 2.98. The highest BCUT2D eigenvalue weighted by atomic mass is 32.2. The zero-order valence-electron chi connectivity index (χ0n) is 11.4. The van der Waals surface area contributed by atoms with E-state index in [1.807, 2.05) is 0 Å². The van der Waals surface area contributed by atoms with Gasteiger partial charge >= 0.3 is 0 Å².